The number of hydrogen-bond donors (Lipinski definition) is 0. The van der Waals surface area contributed by atoms with Crippen LogP contribution in [0.4, 0.5) is 13.2 Å². The van der Waals surface area contributed by atoms with Gasteiger partial charge in [0.2, 0.25) is 5.89 Å². The molecule has 0 aliphatic carbocycles. The Morgan fingerprint density at radius 1 is 1.15 bits per heavy atom. The van der Waals surface area contributed by atoms with E-state index in [0.717, 1.165) is 17.8 Å². The topological polar surface area (TPSA) is 75.8 Å². The molecule has 27 heavy (non-hydrogen) atoms. The molecule has 0 amide bonds. The first-order valence-electron chi connectivity index (χ1n) is 7.84. The molecule has 0 radical (unpaired) electrons. The molecule has 9 heteroatoms. The van der Waals surface area contributed by atoms with Crippen LogP contribution in [0.25, 0.3) is 11.5 Å². The minimum atomic E-state index is -4.70. The Morgan fingerprint density at radius 3 is 2.41 bits per heavy atom. The van der Waals surface area contributed by atoms with Crippen molar-refractivity contribution in [1.29, 1.82) is 5.26 Å². The summed E-state index contributed by atoms with van der Waals surface area (Å²) < 4.78 is 51.3. The van der Waals surface area contributed by atoms with Crippen molar-refractivity contribution in [2.45, 2.75) is 37.7 Å². The fourth-order valence-corrected chi connectivity index (χ4v) is 3.23. The molecule has 3 aromatic heterocycles. The first kappa shape index (κ1) is 19.0. The summed E-state index contributed by atoms with van der Waals surface area (Å²) in [7, 11) is 0. The molecule has 5 nitrogen and oxygen atoms in total. The van der Waals surface area contributed by atoms with E-state index in [4.69, 9.17) is 8.83 Å². The second kappa shape index (κ2) is 7.12. The molecule has 3 heterocycles. The molecule has 0 aliphatic heterocycles. The van der Waals surface area contributed by atoms with Crippen molar-refractivity contribution in [3.63, 3.8) is 0 Å². The van der Waals surface area contributed by atoms with Crippen LogP contribution in [0.15, 0.2) is 32.1 Å². The Morgan fingerprint density at radius 2 is 1.89 bits per heavy atom. The fraction of sp³-hybridized carbons (Fsp3) is 0.278. The largest absolute Gasteiger partial charge is 0.460 e. The molecule has 0 atom stereocenters. The van der Waals surface area contributed by atoms with Crippen LogP contribution >= 0.6 is 11.8 Å². The normalized spacial score (nSPS) is 11.6. The predicted octanol–water partition coefficient (Wildman–Crippen LogP) is 5.44. The lowest BCUT2D eigenvalue weighted by Gasteiger charge is -2.13. The number of pyridine rings is 1. The highest BCUT2D eigenvalue weighted by molar-refractivity contribution is 7.98. The molecule has 0 spiro atoms. The lowest BCUT2D eigenvalue weighted by atomic mass is 10.1. The number of alkyl halides is 3. The standard InChI is InChI=1S/C18H14F3N3O2S/c1-9-4-5-15(25-9)14-6-13(18(19,20)21)12(7-22)17(24-14)27-8-16-23-10(2)11(3)26-16/h4-6H,8H2,1-3H3. The minimum absolute atomic E-state index is 0.0108. The van der Waals surface area contributed by atoms with Crippen molar-refractivity contribution in [2.75, 3.05) is 0 Å². The zero-order chi connectivity index (χ0) is 19.8. The van der Waals surface area contributed by atoms with Crippen LogP contribution in [0.1, 0.15) is 34.2 Å². The van der Waals surface area contributed by atoms with Crippen LogP contribution in [-0.4, -0.2) is 9.97 Å². The number of hydrogen-bond acceptors (Lipinski definition) is 6. The number of thioether (sulfide) groups is 1. The second-order valence-electron chi connectivity index (χ2n) is 5.79. The van der Waals surface area contributed by atoms with Gasteiger partial charge in [-0.05, 0) is 39.0 Å². The third-order valence-corrected chi connectivity index (χ3v) is 4.76. The number of oxazole rings is 1. The maximum absolute atomic E-state index is 13.5. The van der Waals surface area contributed by atoms with Gasteiger partial charge in [-0.1, -0.05) is 11.8 Å². The summed E-state index contributed by atoms with van der Waals surface area (Å²) in [5.74, 6) is 1.88. The molecule has 0 fully saturated rings. The molecule has 140 valence electrons. The number of aromatic nitrogens is 2. The molecule has 0 aliphatic rings. The highest BCUT2D eigenvalue weighted by Crippen LogP contribution is 2.38. The molecular formula is C18H14F3N3O2S. The van der Waals surface area contributed by atoms with Gasteiger partial charge in [0.05, 0.1) is 22.6 Å². The van der Waals surface area contributed by atoms with E-state index in [9.17, 15) is 18.4 Å². The molecule has 0 unspecified atom stereocenters. The van der Waals surface area contributed by atoms with Crippen LogP contribution in [0.3, 0.4) is 0 Å². The third-order valence-electron chi connectivity index (χ3n) is 3.80. The molecule has 0 bridgehead atoms. The van der Waals surface area contributed by atoms with Gasteiger partial charge in [0, 0.05) is 0 Å². The first-order valence-corrected chi connectivity index (χ1v) is 8.82. The van der Waals surface area contributed by atoms with E-state index < -0.39 is 17.3 Å². The summed E-state index contributed by atoms with van der Waals surface area (Å²) in [4.78, 5) is 8.42. The average Bonchev–Trinajstić information content (AvgIpc) is 3.17. The van der Waals surface area contributed by atoms with Crippen LogP contribution in [-0.2, 0) is 11.9 Å². The van der Waals surface area contributed by atoms with Gasteiger partial charge in [-0.15, -0.1) is 0 Å². The van der Waals surface area contributed by atoms with E-state index in [-0.39, 0.29) is 22.2 Å². The smallest absolute Gasteiger partial charge is 0.417 e. The van der Waals surface area contributed by atoms with E-state index in [0.29, 0.717) is 23.1 Å². The summed E-state index contributed by atoms with van der Waals surface area (Å²) in [6.07, 6.45) is -4.70. The minimum Gasteiger partial charge on any atom is -0.460 e. The van der Waals surface area contributed by atoms with E-state index >= 15 is 0 Å². The number of halogens is 3. The lowest BCUT2D eigenvalue weighted by molar-refractivity contribution is -0.138. The van der Waals surface area contributed by atoms with Gasteiger partial charge in [0.15, 0.2) is 5.76 Å². The van der Waals surface area contributed by atoms with Crippen molar-refractivity contribution >= 4 is 11.8 Å². The SMILES string of the molecule is Cc1ccc(-c2cc(C(F)(F)F)c(C#N)c(SCc3nc(C)c(C)o3)n2)o1. The number of rotatable bonds is 4. The zero-order valence-corrected chi connectivity index (χ0v) is 15.5. The van der Waals surface area contributed by atoms with Gasteiger partial charge in [-0.3, -0.25) is 0 Å². The van der Waals surface area contributed by atoms with E-state index in [1.807, 2.05) is 0 Å². The van der Waals surface area contributed by atoms with E-state index in [1.54, 1.807) is 39.0 Å². The zero-order valence-electron chi connectivity index (χ0n) is 14.6. The van der Waals surface area contributed by atoms with Crippen LogP contribution < -0.4 is 0 Å². The predicted molar refractivity (Wildman–Crippen MR) is 91.9 cm³/mol. The Kier molecular flexibility index (Phi) is 5.02. The van der Waals surface area contributed by atoms with Crippen LogP contribution in [0, 0.1) is 32.1 Å². The second-order valence-corrected chi connectivity index (χ2v) is 6.76. The molecule has 0 aromatic carbocycles. The molecular weight excluding hydrogens is 379 g/mol. The van der Waals surface area contributed by atoms with Gasteiger partial charge in [-0.2, -0.15) is 18.4 Å². The van der Waals surface area contributed by atoms with Gasteiger partial charge in [0.25, 0.3) is 0 Å². The highest BCUT2D eigenvalue weighted by atomic mass is 32.2. The maximum Gasteiger partial charge on any atom is 0.417 e. The third kappa shape index (κ3) is 4.01. The maximum atomic E-state index is 13.5. The Labute approximate surface area is 157 Å². The summed E-state index contributed by atoms with van der Waals surface area (Å²) in [6.45, 7) is 5.20. The average molecular weight is 393 g/mol. The van der Waals surface area contributed by atoms with Gasteiger partial charge in [-0.25, -0.2) is 9.97 Å². The van der Waals surface area contributed by atoms with Crippen molar-refractivity contribution in [2.24, 2.45) is 0 Å². The van der Waals surface area contributed by atoms with Crippen molar-refractivity contribution in [1.82, 2.24) is 9.97 Å². The number of furan rings is 1. The number of aryl methyl sites for hydroxylation is 3. The van der Waals surface area contributed by atoms with Crippen molar-refractivity contribution in [3.05, 3.63) is 52.4 Å². The summed E-state index contributed by atoms with van der Waals surface area (Å²) in [5, 5.41) is 9.26. The van der Waals surface area contributed by atoms with E-state index in [2.05, 4.69) is 9.97 Å². The monoisotopic (exact) mass is 393 g/mol. The van der Waals surface area contributed by atoms with Gasteiger partial charge >= 0.3 is 6.18 Å². The number of nitrogens with zero attached hydrogens (tertiary/aromatic N) is 3. The quantitative estimate of drug-likeness (QED) is 0.550. The summed E-state index contributed by atoms with van der Waals surface area (Å²) >= 11 is 0.961. The number of nitriles is 1. The Hall–Kier alpha value is -2.73. The fourth-order valence-electron chi connectivity index (χ4n) is 2.39. The highest BCUT2D eigenvalue weighted by Gasteiger charge is 2.36. The van der Waals surface area contributed by atoms with Crippen molar-refractivity contribution < 1.29 is 22.0 Å². The van der Waals surface area contributed by atoms with E-state index in [1.165, 1.54) is 0 Å². The molecule has 3 aromatic rings. The molecule has 0 N–H and O–H groups in total. The summed E-state index contributed by atoms with van der Waals surface area (Å²) in [5.41, 5.74) is -0.864. The van der Waals surface area contributed by atoms with Crippen LogP contribution in [0.2, 0.25) is 0 Å². The lowest BCUT2D eigenvalue weighted by Crippen LogP contribution is -2.10. The summed E-state index contributed by atoms with van der Waals surface area (Å²) in [6, 6.07) is 5.63. The van der Waals surface area contributed by atoms with Crippen molar-refractivity contribution in [3.8, 4) is 17.5 Å². The molecule has 0 saturated heterocycles. The van der Waals surface area contributed by atoms with Crippen LogP contribution in [0.5, 0.6) is 0 Å². The molecule has 0 saturated carbocycles. The van der Waals surface area contributed by atoms with Gasteiger partial charge in [0.1, 0.15) is 28.3 Å². The first-order chi connectivity index (χ1) is 12.7. The Bertz CT molecular complexity index is 1010. The van der Waals surface area contributed by atoms with Gasteiger partial charge < -0.3 is 8.83 Å². The molecule has 3 rings (SSSR count). The Balaban J connectivity index is 2.05.